The highest BCUT2D eigenvalue weighted by Crippen LogP contribution is 2.43. The van der Waals surface area contributed by atoms with Crippen LogP contribution in [0, 0.1) is 11.8 Å². The van der Waals surface area contributed by atoms with E-state index < -0.39 is 18.4 Å². The average molecular weight is 476 g/mol. The minimum absolute atomic E-state index is 0.00359. The number of nitrogens with one attached hydrogen (secondary N) is 4. The van der Waals surface area contributed by atoms with E-state index in [1.54, 1.807) is 0 Å². The normalized spacial score (nSPS) is 40.1. The first-order valence-electron chi connectivity index (χ1n) is 12.0. The largest absolute Gasteiger partial charge is 0.391 e. The minimum Gasteiger partial charge on any atom is -0.344 e. The number of aliphatic imine (C=N–C) groups is 1. The number of quaternary nitrogens is 1. The number of halogens is 3. The Morgan fingerprint density at radius 2 is 2.09 bits per heavy atom. The molecule has 188 valence electrons. The summed E-state index contributed by atoms with van der Waals surface area (Å²) >= 11 is 0. The molecule has 12 heteroatoms. The number of hydrogen-bond donors (Lipinski definition) is 5. The quantitative estimate of drug-likeness (QED) is 0.202. The van der Waals surface area contributed by atoms with Crippen LogP contribution < -0.4 is 27.1 Å². The molecule has 0 aromatic rings. The summed E-state index contributed by atoms with van der Waals surface area (Å²) in [6, 6.07) is 0.0479. The lowest BCUT2D eigenvalue weighted by Gasteiger charge is -2.40. The van der Waals surface area contributed by atoms with Crippen LogP contribution in [0.4, 0.5) is 13.2 Å². The Kier molecular flexibility index (Phi) is 7.39. The van der Waals surface area contributed by atoms with E-state index in [4.69, 9.17) is 15.6 Å². The Labute approximate surface area is 193 Å². The van der Waals surface area contributed by atoms with Crippen molar-refractivity contribution >= 4 is 5.96 Å². The van der Waals surface area contributed by atoms with Gasteiger partial charge in [0.25, 0.3) is 0 Å². The van der Waals surface area contributed by atoms with E-state index in [-0.39, 0.29) is 37.0 Å². The van der Waals surface area contributed by atoms with Crippen LogP contribution >= 0.6 is 0 Å². The average Bonchev–Trinajstić information content (AvgIpc) is 3.47. The van der Waals surface area contributed by atoms with E-state index >= 15 is 0 Å². The second-order valence-electron chi connectivity index (χ2n) is 9.89. The molecule has 6 N–H and O–H groups in total. The summed E-state index contributed by atoms with van der Waals surface area (Å²) in [5.41, 5.74) is 0. The summed E-state index contributed by atoms with van der Waals surface area (Å²) in [4.78, 5) is 4.71. The third kappa shape index (κ3) is 5.91. The molecule has 0 amide bonds. The SMILES string of the molecule is CCCOC1NC([C@@H]2NC2C2CCCC(C(F)(F)F)C2)NC(=NCC[N+]2(C)C=CNC2)N1N. The number of nitrogens with two attached hydrogens (primary N) is 1. The first-order chi connectivity index (χ1) is 15.7. The van der Waals surface area contributed by atoms with Crippen LogP contribution in [0.1, 0.15) is 39.0 Å². The first-order valence-corrected chi connectivity index (χ1v) is 12.0. The van der Waals surface area contributed by atoms with Gasteiger partial charge < -0.3 is 20.7 Å². The van der Waals surface area contributed by atoms with Crippen molar-refractivity contribution in [3.63, 3.8) is 0 Å². The Hall–Kier alpha value is -1.60. The summed E-state index contributed by atoms with van der Waals surface area (Å²) in [6.07, 6.45) is 1.90. The van der Waals surface area contributed by atoms with E-state index in [2.05, 4.69) is 34.5 Å². The maximum absolute atomic E-state index is 13.3. The van der Waals surface area contributed by atoms with E-state index in [0.717, 1.165) is 30.5 Å². The zero-order valence-electron chi connectivity index (χ0n) is 19.4. The van der Waals surface area contributed by atoms with Crippen LogP contribution in [-0.4, -0.2) is 79.6 Å². The summed E-state index contributed by atoms with van der Waals surface area (Å²) in [7, 11) is 2.12. The van der Waals surface area contributed by atoms with Crippen LogP contribution in [0.2, 0.25) is 0 Å². The van der Waals surface area contributed by atoms with Gasteiger partial charge in [0.1, 0.15) is 18.9 Å². The number of guanidine groups is 1. The molecule has 4 rings (SSSR count). The van der Waals surface area contributed by atoms with Crippen LogP contribution in [-0.2, 0) is 4.74 Å². The summed E-state index contributed by atoms with van der Waals surface area (Å²) < 4.78 is 46.4. The molecule has 0 bridgehead atoms. The molecule has 7 atom stereocenters. The second kappa shape index (κ2) is 9.95. The van der Waals surface area contributed by atoms with E-state index in [9.17, 15) is 13.2 Å². The fraction of sp³-hybridized carbons (Fsp3) is 0.857. The third-order valence-electron chi connectivity index (χ3n) is 7.17. The molecule has 3 fully saturated rings. The van der Waals surface area contributed by atoms with Gasteiger partial charge in [-0.3, -0.25) is 9.80 Å². The molecule has 0 aromatic heterocycles. The Bertz CT molecular complexity index is 735. The monoisotopic (exact) mass is 475 g/mol. The van der Waals surface area contributed by atoms with Gasteiger partial charge in [0.15, 0.2) is 6.67 Å². The van der Waals surface area contributed by atoms with Crippen LogP contribution in [0.5, 0.6) is 0 Å². The van der Waals surface area contributed by atoms with Gasteiger partial charge in [-0.2, -0.15) is 13.2 Å². The van der Waals surface area contributed by atoms with Crippen molar-refractivity contribution in [3.05, 3.63) is 12.4 Å². The number of likely N-dealkylation sites (N-methyl/N-ethyl adjacent to an activating group) is 1. The number of hydrazine groups is 1. The van der Waals surface area contributed by atoms with Gasteiger partial charge in [-0.05, 0) is 31.6 Å². The highest BCUT2D eigenvalue weighted by atomic mass is 19.4. The van der Waals surface area contributed by atoms with Crippen molar-refractivity contribution in [2.45, 2.75) is 69.8 Å². The van der Waals surface area contributed by atoms with Crippen molar-refractivity contribution < 1.29 is 22.4 Å². The zero-order chi connectivity index (χ0) is 23.6. The topological polar surface area (TPSA) is 109 Å². The van der Waals surface area contributed by atoms with Gasteiger partial charge in [-0.1, -0.05) is 13.3 Å². The lowest BCUT2D eigenvalue weighted by molar-refractivity contribution is -0.854. The van der Waals surface area contributed by atoms with Crippen molar-refractivity contribution in [1.82, 2.24) is 26.3 Å². The molecule has 3 heterocycles. The van der Waals surface area contributed by atoms with Crippen LogP contribution in [0.15, 0.2) is 17.4 Å². The van der Waals surface area contributed by atoms with Gasteiger partial charge in [0.2, 0.25) is 12.3 Å². The third-order valence-corrected chi connectivity index (χ3v) is 7.17. The molecule has 6 unspecified atom stereocenters. The highest BCUT2D eigenvalue weighted by Gasteiger charge is 2.53. The molecular weight excluding hydrogens is 437 g/mol. The number of hydrogen-bond acceptors (Lipinski definition) is 6. The first kappa shape index (κ1) is 24.5. The Morgan fingerprint density at radius 3 is 2.79 bits per heavy atom. The second-order valence-corrected chi connectivity index (χ2v) is 9.89. The summed E-state index contributed by atoms with van der Waals surface area (Å²) in [5.74, 6) is 5.65. The molecule has 3 aliphatic heterocycles. The van der Waals surface area contributed by atoms with E-state index in [1.165, 1.54) is 5.01 Å². The lowest BCUT2D eigenvalue weighted by atomic mass is 9.78. The molecule has 4 aliphatic rings. The smallest absolute Gasteiger partial charge is 0.344 e. The molecule has 9 nitrogen and oxygen atoms in total. The maximum Gasteiger partial charge on any atom is 0.391 e. The molecule has 0 aromatic carbocycles. The summed E-state index contributed by atoms with van der Waals surface area (Å²) in [5, 5.41) is 14.8. The van der Waals surface area contributed by atoms with Crippen LogP contribution in [0.3, 0.4) is 0 Å². The van der Waals surface area contributed by atoms with Gasteiger partial charge in [0, 0.05) is 6.04 Å². The maximum atomic E-state index is 13.3. The Balaban J connectivity index is 1.38. The highest BCUT2D eigenvalue weighted by molar-refractivity contribution is 5.80. The molecule has 1 saturated carbocycles. The predicted octanol–water partition coefficient (Wildman–Crippen LogP) is 0.935. The predicted molar refractivity (Wildman–Crippen MR) is 119 cm³/mol. The fourth-order valence-corrected chi connectivity index (χ4v) is 5.11. The molecule has 0 radical (unpaired) electrons. The molecule has 2 saturated heterocycles. The molecule has 0 spiro atoms. The lowest BCUT2D eigenvalue weighted by Crippen LogP contribution is -2.71. The molecule has 33 heavy (non-hydrogen) atoms. The minimum atomic E-state index is -4.11. The van der Waals surface area contributed by atoms with E-state index in [1.807, 2.05) is 13.1 Å². The standard InChI is InChI=1S/C21H38F3N8O/c1-3-11-33-20-30-18(17-16(28-17)14-5-4-6-15(12-14)21(22,23)24)29-19(31(20)25)27-8-10-32(2)9-7-26-13-32/h7,9,14-18,20,26,28,30H,3-6,8,10-13,25H2,1-2H3,(H,27,29)/q+1/t14?,15?,16?,17-,18?,20?,32?/m1/s1. The Morgan fingerprint density at radius 1 is 1.27 bits per heavy atom. The van der Waals surface area contributed by atoms with Gasteiger partial charge >= 0.3 is 6.18 Å². The number of ether oxygens (including phenoxy) is 1. The number of nitrogens with zero attached hydrogens (tertiary/aromatic N) is 3. The van der Waals surface area contributed by atoms with Crippen molar-refractivity contribution in [1.29, 1.82) is 0 Å². The van der Waals surface area contributed by atoms with Gasteiger partial charge in [-0.25, -0.2) is 15.8 Å². The fourth-order valence-electron chi connectivity index (χ4n) is 5.11. The molecule has 1 aliphatic carbocycles. The zero-order valence-corrected chi connectivity index (χ0v) is 19.4. The summed E-state index contributed by atoms with van der Waals surface area (Å²) in [6.45, 7) is 4.77. The van der Waals surface area contributed by atoms with Gasteiger partial charge in [-0.15, -0.1) is 0 Å². The van der Waals surface area contributed by atoms with Crippen molar-refractivity contribution in [2.75, 3.05) is 33.4 Å². The van der Waals surface area contributed by atoms with E-state index in [0.29, 0.717) is 25.5 Å². The number of rotatable bonds is 8. The number of alkyl halides is 3. The van der Waals surface area contributed by atoms with Crippen molar-refractivity contribution in [2.24, 2.45) is 22.7 Å². The van der Waals surface area contributed by atoms with Gasteiger partial charge in [0.05, 0.1) is 38.4 Å². The van der Waals surface area contributed by atoms with Crippen molar-refractivity contribution in [3.8, 4) is 0 Å². The van der Waals surface area contributed by atoms with Crippen LogP contribution in [0.25, 0.3) is 0 Å². The molecular formula is C21H38F3N8O+.